The zero-order valence-electron chi connectivity index (χ0n) is 9.85. The van der Waals surface area contributed by atoms with Crippen LogP contribution < -0.4 is 4.72 Å². The minimum atomic E-state index is -3.65. The van der Waals surface area contributed by atoms with Gasteiger partial charge in [-0.2, -0.15) is 0 Å². The number of ether oxygens (including phenoxy) is 1. The van der Waals surface area contributed by atoms with Crippen molar-refractivity contribution in [1.82, 2.24) is 4.72 Å². The Morgan fingerprint density at radius 1 is 1.33 bits per heavy atom. The maximum Gasteiger partial charge on any atom is 0.322 e. The zero-order chi connectivity index (χ0) is 13.6. The second-order valence-corrected chi connectivity index (χ2v) is 6.23. The second-order valence-electron chi connectivity index (χ2n) is 3.51. The van der Waals surface area contributed by atoms with E-state index in [-0.39, 0.29) is 13.2 Å². The Bertz CT molecular complexity index is 498. The molecule has 7 heteroatoms. The summed E-state index contributed by atoms with van der Waals surface area (Å²) in [6.45, 7) is 1.94. The summed E-state index contributed by atoms with van der Waals surface area (Å²) < 4.78 is 30.9. The van der Waals surface area contributed by atoms with E-state index in [4.69, 9.17) is 0 Å². The maximum absolute atomic E-state index is 11.5. The number of sulfonamides is 1. The topological polar surface area (TPSA) is 72.5 Å². The Hall–Kier alpha value is -0.920. The summed E-state index contributed by atoms with van der Waals surface area (Å²) in [6, 6.07) is 7.21. The van der Waals surface area contributed by atoms with Crippen molar-refractivity contribution in [3.63, 3.8) is 0 Å². The van der Waals surface area contributed by atoms with E-state index in [0.29, 0.717) is 0 Å². The van der Waals surface area contributed by atoms with Crippen molar-refractivity contribution < 1.29 is 17.9 Å². The van der Waals surface area contributed by atoms with Gasteiger partial charge in [0.15, 0.2) is 5.75 Å². The van der Waals surface area contributed by atoms with E-state index in [1.54, 1.807) is 19.1 Å². The molecule has 1 rings (SSSR count). The highest BCUT2D eigenvalue weighted by Gasteiger charge is 2.16. The molecule has 0 amide bonds. The molecule has 0 aliphatic heterocycles. The van der Waals surface area contributed by atoms with Gasteiger partial charge >= 0.3 is 5.97 Å². The van der Waals surface area contributed by atoms with E-state index in [9.17, 15) is 13.2 Å². The van der Waals surface area contributed by atoms with Gasteiger partial charge in [0.05, 0.1) is 6.61 Å². The lowest BCUT2D eigenvalue weighted by Gasteiger charge is -2.06. The first kappa shape index (κ1) is 15.1. The molecular weight excluding hydrogens is 322 g/mol. The molecule has 0 saturated carbocycles. The van der Waals surface area contributed by atoms with Gasteiger partial charge in [0, 0.05) is 11.0 Å². The molecule has 0 heterocycles. The number of hydrogen-bond acceptors (Lipinski definition) is 4. The van der Waals surface area contributed by atoms with Gasteiger partial charge in [-0.25, -0.2) is 13.1 Å². The monoisotopic (exact) mass is 335 g/mol. The van der Waals surface area contributed by atoms with Gasteiger partial charge in [-0.15, -0.1) is 0 Å². The number of carbonyl (C=O) groups excluding carboxylic acids is 1. The van der Waals surface area contributed by atoms with Crippen LogP contribution in [0.2, 0.25) is 0 Å². The summed E-state index contributed by atoms with van der Waals surface area (Å²) >= 11 is 3.29. The molecule has 0 radical (unpaired) electrons. The Labute approximate surface area is 115 Å². The molecule has 0 aliphatic carbocycles. The molecule has 0 fully saturated rings. The van der Waals surface area contributed by atoms with E-state index in [1.807, 2.05) is 12.1 Å². The van der Waals surface area contributed by atoms with Crippen molar-refractivity contribution in [2.24, 2.45) is 0 Å². The van der Waals surface area contributed by atoms with E-state index in [0.717, 1.165) is 10.0 Å². The first-order chi connectivity index (χ1) is 8.43. The summed E-state index contributed by atoms with van der Waals surface area (Å²) in [5, 5.41) is 0. The second kappa shape index (κ2) is 6.86. The standard InChI is InChI=1S/C11H14BrNO4S/c1-2-17-11(14)8-18(15,16)13-7-9-3-5-10(12)6-4-9/h3-6,13H,2,7-8H2,1H3. The molecule has 0 aliphatic rings. The SMILES string of the molecule is CCOC(=O)CS(=O)(=O)NCc1ccc(Br)cc1. The number of halogens is 1. The fraction of sp³-hybridized carbons (Fsp3) is 0.364. The highest BCUT2D eigenvalue weighted by atomic mass is 79.9. The first-order valence-corrected chi connectivity index (χ1v) is 7.75. The van der Waals surface area contributed by atoms with Gasteiger partial charge in [0.25, 0.3) is 0 Å². The quantitative estimate of drug-likeness (QED) is 0.798. The first-order valence-electron chi connectivity index (χ1n) is 5.30. The van der Waals surface area contributed by atoms with Crippen molar-refractivity contribution in [1.29, 1.82) is 0 Å². The van der Waals surface area contributed by atoms with Crippen LogP contribution in [0.5, 0.6) is 0 Å². The predicted octanol–water partition coefficient (Wildman–Crippen LogP) is 1.43. The van der Waals surface area contributed by atoms with E-state index in [2.05, 4.69) is 25.4 Å². The molecule has 0 spiro atoms. The number of carbonyl (C=O) groups is 1. The number of nitrogens with one attached hydrogen (secondary N) is 1. The molecule has 5 nitrogen and oxygen atoms in total. The third-order valence-corrected chi connectivity index (χ3v) is 3.75. The molecule has 0 bridgehead atoms. The molecule has 18 heavy (non-hydrogen) atoms. The average molecular weight is 336 g/mol. The van der Waals surface area contributed by atoms with Crippen LogP contribution in [0.15, 0.2) is 28.7 Å². The average Bonchev–Trinajstić information content (AvgIpc) is 2.28. The van der Waals surface area contributed by atoms with Crippen LogP contribution in [0.3, 0.4) is 0 Å². The van der Waals surface area contributed by atoms with Crippen LogP contribution in [0.1, 0.15) is 12.5 Å². The van der Waals surface area contributed by atoms with Crippen LogP contribution in [0, 0.1) is 0 Å². The number of esters is 1. The minimum Gasteiger partial charge on any atom is -0.465 e. The van der Waals surface area contributed by atoms with Gasteiger partial charge in [0.1, 0.15) is 0 Å². The van der Waals surface area contributed by atoms with E-state index in [1.165, 1.54) is 0 Å². The molecule has 100 valence electrons. The highest BCUT2D eigenvalue weighted by Crippen LogP contribution is 2.10. The molecule has 0 atom stereocenters. The Morgan fingerprint density at radius 3 is 2.50 bits per heavy atom. The Kier molecular flexibility index (Phi) is 5.77. The van der Waals surface area contributed by atoms with Crippen LogP contribution in [-0.2, 0) is 26.1 Å². The maximum atomic E-state index is 11.5. The highest BCUT2D eigenvalue weighted by molar-refractivity contribution is 9.10. The van der Waals surface area contributed by atoms with Crippen molar-refractivity contribution >= 4 is 31.9 Å². The van der Waals surface area contributed by atoms with Crippen molar-refractivity contribution in [2.45, 2.75) is 13.5 Å². The number of hydrogen-bond donors (Lipinski definition) is 1. The Morgan fingerprint density at radius 2 is 1.94 bits per heavy atom. The summed E-state index contributed by atoms with van der Waals surface area (Å²) in [6.07, 6.45) is 0. The van der Waals surface area contributed by atoms with Crippen LogP contribution in [-0.4, -0.2) is 26.7 Å². The van der Waals surface area contributed by atoms with E-state index < -0.39 is 21.7 Å². The number of benzene rings is 1. The van der Waals surface area contributed by atoms with E-state index >= 15 is 0 Å². The summed E-state index contributed by atoms with van der Waals surface area (Å²) in [5.74, 6) is -1.40. The molecule has 1 aromatic rings. The van der Waals surface area contributed by atoms with Crippen LogP contribution in [0.25, 0.3) is 0 Å². The van der Waals surface area contributed by atoms with Gasteiger partial charge < -0.3 is 4.74 Å². The Balaban J connectivity index is 2.51. The lowest BCUT2D eigenvalue weighted by atomic mass is 10.2. The summed E-state index contributed by atoms with van der Waals surface area (Å²) in [5.41, 5.74) is 0.811. The predicted molar refractivity (Wildman–Crippen MR) is 71.4 cm³/mol. The lowest BCUT2D eigenvalue weighted by Crippen LogP contribution is -2.30. The van der Waals surface area contributed by atoms with Crippen molar-refractivity contribution in [3.05, 3.63) is 34.3 Å². The largest absolute Gasteiger partial charge is 0.465 e. The number of rotatable bonds is 6. The van der Waals surface area contributed by atoms with Crippen LogP contribution in [0.4, 0.5) is 0 Å². The molecule has 1 aromatic carbocycles. The molecule has 0 saturated heterocycles. The molecular formula is C11H14BrNO4S. The van der Waals surface area contributed by atoms with Gasteiger partial charge in [-0.3, -0.25) is 4.79 Å². The van der Waals surface area contributed by atoms with Crippen LogP contribution >= 0.6 is 15.9 Å². The van der Waals surface area contributed by atoms with Gasteiger partial charge in [-0.1, -0.05) is 28.1 Å². The van der Waals surface area contributed by atoms with Crippen molar-refractivity contribution in [3.8, 4) is 0 Å². The minimum absolute atomic E-state index is 0.148. The fourth-order valence-corrected chi connectivity index (χ4v) is 2.35. The van der Waals surface area contributed by atoms with Gasteiger partial charge in [0.2, 0.25) is 10.0 Å². The zero-order valence-corrected chi connectivity index (χ0v) is 12.3. The van der Waals surface area contributed by atoms with Gasteiger partial charge in [-0.05, 0) is 24.6 Å². The smallest absolute Gasteiger partial charge is 0.322 e. The summed E-state index contributed by atoms with van der Waals surface area (Å²) in [7, 11) is -3.65. The molecule has 1 N–H and O–H groups in total. The molecule has 0 unspecified atom stereocenters. The lowest BCUT2D eigenvalue weighted by molar-refractivity contribution is -0.139. The van der Waals surface area contributed by atoms with Crippen molar-refractivity contribution in [2.75, 3.05) is 12.4 Å². The third kappa shape index (κ3) is 5.61. The normalized spacial score (nSPS) is 11.2. The fourth-order valence-electron chi connectivity index (χ4n) is 1.20. The molecule has 0 aromatic heterocycles. The third-order valence-electron chi connectivity index (χ3n) is 2.02. The summed E-state index contributed by atoms with van der Waals surface area (Å²) in [4.78, 5) is 11.1.